The van der Waals surface area contributed by atoms with Gasteiger partial charge in [-0.1, -0.05) is 29.8 Å². The Bertz CT molecular complexity index is 1800. The molecule has 3 aromatic carbocycles. The predicted octanol–water partition coefficient (Wildman–Crippen LogP) is 4.22. The van der Waals surface area contributed by atoms with Gasteiger partial charge in [-0.05, 0) is 66.9 Å². The van der Waals surface area contributed by atoms with Crippen molar-refractivity contribution in [2.75, 3.05) is 10.2 Å². The SMILES string of the molecule is CC(=O)Oc1ccc(N2C(=O)[C@@H]3[C@H](Cc4c[nH]c5ccccc45)N[C@@]4(C(=O)Nc5c(C)cc(Cl)cc54)[C@@H]3C2=O)cc1. The number of benzene rings is 3. The van der Waals surface area contributed by atoms with E-state index in [-0.39, 0.29) is 5.91 Å². The summed E-state index contributed by atoms with van der Waals surface area (Å²) in [6.45, 7) is 3.14. The Morgan fingerprint density at radius 1 is 1.05 bits per heavy atom. The van der Waals surface area contributed by atoms with Crippen LogP contribution in [-0.4, -0.2) is 34.7 Å². The van der Waals surface area contributed by atoms with E-state index in [1.165, 1.54) is 19.1 Å². The second-order valence-corrected chi connectivity index (χ2v) is 11.3. The fourth-order valence-corrected chi connectivity index (χ4v) is 7.10. The van der Waals surface area contributed by atoms with Crippen LogP contribution in [0.1, 0.15) is 23.6 Å². The molecule has 4 heterocycles. The molecule has 41 heavy (non-hydrogen) atoms. The molecule has 3 N–H and O–H groups in total. The molecule has 0 radical (unpaired) electrons. The number of amides is 3. The first-order valence-corrected chi connectivity index (χ1v) is 13.7. The van der Waals surface area contributed by atoms with E-state index in [0.717, 1.165) is 26.9 Å². The van der Waals surface area contributed by atoms with Gasteiger partial charge in [0.15, 0.2) is 0 Å². The molecular formula is C31H25ClN4O5. The largest absolute Gasteiger partial charge is 0.427 e. The molecule has 7 rings (SSSR count). The number of para-hydroxylation sites is 1. The third-order valence-corrected chi connectivity index (χ3v) is 8.68. The quantitative estimate of drug-likeness (QED) is 0.193. The molecule has 4 aromatic rings. The predicted molar refractivity (Wildman–Crippen MR) is 153 cm³/mol. The topological polar surface area (TPSA) is 121 Å². The monoisotopic (exact) mass is 568 g/mol. The summed E-state index contributed by atoms with van der Waals surface area (Å²) in [6.07, 6.45) is 2.32. The van der Waals surface area contributed by atoms with Crippen LogP contribution in [0.15, 0.2) is 66.9 Å². The van der Waals surface area contributed by atoms with E-state index >= 15 is 0 Å². The molecule has 3 amide bonds. The van der Waals surface area contributed by atoms with Crippen LogP contribution in [0.2, 0.25) is 5.02 Å². The molecule has 9 nitrogen and oxygen atoms in total. The molecule has 4 atom stereocenters. The lowest BCUT2D eigenvalue weighted by Crippen LogP contribution is -2.53. The highest BCUT2D eigenvalue weighted by molar-refractivity contribution is 6.31. The Hall–Kier alpha value is -4.47. The van der Waals surface area contributed by atoms with Gasteiger partial charge in [-0.3, -0.25) is 24.5 Å². The van der Waals surface area contributed by atoms with Crippen molar-refractivity contribution in [3.05, 3.63) is 88.6 Å². The summed E-state index contributed by atoms with van der Waals surface area (Å²) in [7, 11) is 0. The van der Waals surface area contributed by atoms with Crippen LogP contribution in [0.3, 0.4) is 0 Å². The zero-order valence-corrected chi connectivity index (χ0v) is 22.9. The van der Waals surface area contributed by atoms with Crippen LogP contribution < -0.4 is 20.3 Å². The molecule has 0 bridgehead atoms. The molecule has 3 aliphatic heterocycles. The van der Waals surface area contributed by atoms with Gasteiger partial charge >= 0.3 is 5.97 Å². The number of carbonyl (C=O) groups excluding carboxylic acids is 4. The molecule has 2 fully saturated rings. The molecule has 10 heteroatoms. The first-order valence-electron chi connectivity index (χ1n) is 13.3. The maximum atomic E-state index is 14.3. The Labute approximate surface area is 239 Å². The highest BCUT2D eigenvalue weighted by atomic mass is 35.5. The molecule has 2 saturated heterocycles. The van der Waals surface area contributed by atoms with E-state index < -0.39 is 41.2 Å². The zero-order valence-electron chi connectivity index (χ0n) is 22.2. The number of aryl methyl sites for hydroxylation is 1. The number of esters is 1. The van der Waals surface area contributed by atoms with Crippen molar-refractivity contribution in [2.45, 2.75) is 31.8 Å². The Balaban J connectivity index is 1.35. The Kier molecular flexibility index (Phi) is 5.61. The number of halogens is 1. The average molecular weight is 569 g/mol. The van der Waals surface area contributed by atoms with E-state index in [1.807, 2.05) is 37.4 Å². The molecule has 0 unspecified atom stereocenters. The van der Waals surface area contributed by atoms with Crippen molar-refractivity contribution in [3.8, 4) is 5.75 Å². The molecule has 3 aliphatic rings. The Morgan fingerprint density at radius 2 is 1.80 bits per heavy atom. The van der Waals surface area contributed by atoms with E-state index in [9.17, 15) is 19.2 Å². The van der Waals surface area contributed by atoms with Gasteiger partial charge in [0, 0.05) is 46.3 Å². The standard InChI is InChI=1S/C31H25ClN4O5/c1-15-11-18(32)13-22-27(15)34-30(40)31(22)26-25(24(35-31)12-17-14-33-23-6-4-3-5-21(17)23)28(38)36(29(26)39)19-7-9-20(10-8-19)41-16(2)37/h3-11,13-14,24-26,33,35H,12H2,1-2H3,(H,34,40)/t24-,25+,26-,31+/m0/s1. The number of rotatable bonds is 4. The van der Waals surface area contributed by atoms with E-state index in [0.29, 0.717) is 34.1 Å². The highest BCUT2D eigenvalue weighted by Gasteiger charge is 2.70. The number of aromatic amines is 1. The van der Waals surface area contributed by atoms with Crippen molar-refractivity contribution < 1.29 is 23.9 Å². The van der Waals surface area contributed by atoms with Crippen LogP contribution in [-0.2, 0) is 31.1 Å². The van der Waals surface area contributed by atoms with Crippen LogP contribution in [0.4, 0.5) is 11.4 Å². The molecule has 0 aliphatic carbocycles. The minimum atomic E-state index is -1.48. The van der Waals surface area contributed by atoms with E-state index in [1.54, 1.807) is 24.3 Å². The van der Waals surface area contributed by atoms with Gasteiger partial charge in [-0.15, -0.1) is 0 Å². The average Bonchev–Trinajstić information content (AvgIpc) is 3.64. The van der Waals surface area contributed by atoms with Crippen LogP contribution >= 0.6 is 11.6 Å². The van der Waals surface area contributed by atoms with Gasteiger partial charge in [0.25, 0.3) is 0 Å². The second kappa shape index (κ2) is 9.02. The van der Waals surface area contributed by atoms with Gasteiger partial charge in [-0.25, -0.2) is 4.90 Å². The van der Waals surface area contributed by atoms with E-state index in [2.05, 4.69) is 15.6 Å². The minimum Gasteiger partial charge on any atom is -0.427 e. The molecular weight excluding hydrogens is 544 g/mol. The van der Waals surface area contributed by atoms with Gasteiger partial charge in [0.05, 0.1) is 17.5 Å². The van der Waals surface area contributed by atoms with Gasteiger partial charge < -0.3 is 15.0 Å². The van der Waals surface area contributed by atoms with Crippen LogP contribution in [0, 0.1) is 18.8 Å². The lowest BCUT2D eigenvalue weighted by Gasteiger charge is -2.29. The third kappa shape index (κ3) is 3.66. The zero-order chi connectivity index (χ0) is 28.6. The van der Waals surface area contributed by atoms with Gasteiger partial charge in [0.2, 0.25) is 17.7 Å². The third-order valence-electron chi connectivity index (χ3n) is 8.46. The number of fused-ring (bicyclic) bond motifs is 5. The number of H-pyrrole nitrogens is 1. The minimum absolute atomic E-state index is 0.296. The summed E-state index contributed by atoms with van der Waals surface area (Å²) in [6, 6.07) is 17.0. The number of anilines is 2. The first-order chi connectivity index (χ1) is 19.7. The number of aromatic nitrogens is 1. The number of nitrogens with one attached hydrogen (secondary N) is 3. The number of hydrogen-bond acceptors (Lipinski definition) is 6. The summed E-state index contributed by atoms with van der Waals surface area (Å²) < 4.78 is 5.12. The van der Waals surface area contributed by atoms with Crippen molar-refractivity contribution in [1.29, 1.82) is 0 Å². The van der Waals surface area contributed by atoms with Crippen LogP contribution in [0.25, 0.3) is 10.9 Å². The van der Waals surface area contributed by atoms with Crippen molar-refractivity contribution >= 4 is 57.6 Å². The number of ether oxygens (including phenoxy) is 1. The summed E-state index contributed by atoms with van der Waals surface area (Å²) in [4.78, 5) is 58.1. The molecule has 1 spiro atoms. The van der Waals surface area contributed by atoms with E-state index in [4.69, 9.17) is 16.3 Å². The number of hydrogen-bond donors (Lipinski definition) is 3. The summed E-state index contributed by atoms with van der Waals surface area (Å²) in [5, 5.41) is 7.90. The normalized spacial score (nSPS) is 24.7. The Morgan fingerprint density at radius 3 is 2.56 bits per heavy atom. The maximum absolute atomic E-state index is 14.3. The smallest absolute Gasteiger partial charge is 0.308 e. The number of imide groups is 1. The lowest BCUT2D eigenvalue weighted by molar-refractivity contribution is -0.132. The van der Waals surface area contributed by atoms with Crippen molar-refractivity contribution in [2.24, 2.45) is 11.8 Å². The molecule has 1 aromatic heterocycles. The summed E-state index contributed by atoms with van der Waals surface area (Å²) >= 11 is 6.47. The fraction of sp³-hybridized carbons (Fsp3) is 0.226. The maximum Gasteiger partial charge on any atom is 0.308 e. The second-order valence-electron chi connectivity index (χ2n) is 10.8. The first kappa shape index (κ1) is 25.5. The molecule has 0 saturated carbocycles. The lowest BCUT2D eigenvalue weighted by atomic mass is 9.76. The fourth-order valence-electron chi connectivity index (χ4n) is 6.83. The van der Waals surface area contributed by atoms with Gasteiger partial charge in [-0.2, -0.15) is 0 Å². The van der Waals surface area contributed by atoms with Crippen molar-refractivity contribution in [3.63, 3.8) is 0 Å². The number of carbonyl (C=O) groups is 4. The molecule has 206 valence electrons. The van der Waals surface area contributed by atoms with Crippen LogP contribution in [0.5, 0.6) is 5.75 Å². The summed E-state index contributed by atoms with van der Waals surface area (Å²) in [5.41, 5.74) is 2.73. The summed E-state index contributed by atoms with van der Waals surface area (Å²) in [5.74, 6) is -3.26. The number of nitrogens with zero attached hydrogens (tertiary/aromatic N) is 1. The van der Waals surface area contributed by atoms with Gasteiger partial charge in [0.1, 0.15) is 11.3 Å². The van der Waals surface area contributed by atoms with Crippen molar-refractivity contribution in [1.82, 2.24) is 10.3 Å². The highest BCUT2D eigenvalue weighted by Crippen LogP contribution is 2.55.